The Morgan fingerprint density at radius 3 is 2.60 bits per heavy atom. The Kier molecular flexibility index (Phi) is 3.52. The standard InChI is InChI=1S/C12H16FNS/c13-9-6-7-12(11(14)8-9)15-10-4-2-1-3-5-10/h6-8,10H,1-5,14H2. The van der Waals surface area contributed by atoms with Crippen LogP contribution in [0.1, 0.15) is 32.1 Å². The predicted octanol–water partition coefficient (Wildman–Crippen LogP) is 3.83. The van der Waals surface area contributed by atoms with Crippen LogP contribution in [0, 0.1) is 5.82 Å². The summed E-state index contributed by atoms with van der Waals surface area (Å²) < 4.78 is 12.8. The van der Waals surface area contributed by atoms with Crippen molar-refractivity contribution in [2.24, 2.45) is 0 Å². The number of thioether (sulfide) groups is 1. The molecule has 2 rings (SSSR count). The van der Waals surface area contributed by atoms with E-state index in [0.717, 1.165) is 4.90 Å². The van der Waals surface area contributed by atoms with Crippen LogP contribution < -0.4 is 5.73 Å². The Bertz CT molecular complexity index is 334. The molecule has 1 fully saturated rings. The summed E-state index contributed by atoms with van der Waals surface area (Å²) in [5.41, 5.74) is 6.35. The normalized spacial score (nSPS) is 17.9. The number of hydrogen-bond donors (Lipinski definition) is 1. The summed E-state index contributed by atoms with van der Waals surface area (Å²) in [6, 6.07) is 4.69. The number of nitrogens with two attached hydrogens (primary N) is 1. The molecule has 0 aromatic heterocycles. The fourth-order valence-electron chi connectivity index (χ4n) is 1.99. The lowest BCUT2D eigenvalue weighted by atomic mass is 10.0. The first-order valence-electron chi connectivity index (χ1n) is 5.47. The maximum Gasteiger partial charge on any atom is 0.125 e. The first-order chi connectivity index (χ1) is 7.25. The summed E-state index contributed by atoms with van der Waals surface area (Å²) in [7, 11) is 0. The molecule has 0 radical (unpaired) electrons. The zero-order valence-corrected chi connectivity index (χ0v) is 9.52. The molecule has 0 saturated heterocycles. The Hall–Kier alpha value is -0.700. The molecule has 15 heavy (non-hydrogen) atoms. The fourth-order valence-corrected chi connectivity index (χ4v) is 3.26. The van der Waals surface area contributed by atoms with Gasteiger partial charge in [-0.25, -0.2) is 4.39 Å². The third kappa shape index (κ3) is 2.88. The van der Waals surface area contributed by atoms with Crippen LogP contribution in [0.15, 0.2) is 23.1 Å². The van der Waals surface area contributed by atoms with Gasteiger partial charge in [-0.15, -0.1) is 11.8 Å². The van der Waals surface area contributed by atoms with Gasteiger partial charge in [0, 0.05) is 15.8 Å². The lowest BCUT2D eigenvalue weighted by Gasteiger charge is -2.21. The van der Waals surface area contributed by atoms with Crippen molar-refractivity contribution in [1.82, 2.24) is 0 Å². The van der Waals surface area contributed by atoms with E-state index in [0.29, 0.717) is 10.9 Å². The molecule has 3 heteroatoms. The second-order valence-electron chi connectivity index (χ2n) is 4.06. The fraction of sp³-hybridized carbons (Fsp3) is 0.500. The molecule has 0 spiro atoms. The van der Waals surface area contributed by atoms with Crippen molar-refractivity contribution in [1.29, 1.82) is 0 Å². The molecular weight excluding hydrogens is 209 g/mol. The van der Waals surface area contributed by atoms with Crippen molar-refractivity contribution in [3.05, 3.63) is 24.0 Å². The lowest BCUT2D eigenvalue weighted by molar-refractivity contribution is 0.516. The lowest BCUT2D eigenvalue weighted by Crippen LogP contribution is -2.08. The molecule has 1 aliphatic rings. The molecule has 0 unspecified atom stereocenters. The van der Waals surface area contributed by atoms with Gasteiger partial charge in [-0.1, -0.05) is 19.3 Å². The van der Waals surface area contributed by atoms with Gasteiger partial charge in [-0.3, -0.25) is 0 Å². The van der Waals surface area contributed by atoms with Crippen LogP contribution in [0.3, 0.4) is 0 Å². The largest absolute Gasteiger partial charge is 0.398 e. The molecule has 82 valence electrons. The molecule has 2 N–H and O–H groups in total. The molecule has 0 heterocycles. The van der Waals surface area contributed by atoms with E-state index in [1.807, 2.05) is 11.8 Å². The number of anilines is 1. The minimum Gasteiger partial charge on any atom is -0.398 e. The second kappa shape index (κ2) is 4.88. The molecule has 1 aromatic rings. The van der Waals surface area contributed by atoms with Crippen LogP contribution in [0.2, 0.25) is 0 Å². The van der Waals surface area contributed by atoms with Crippen LogP contribution in [-0.2, 0) is 0 Å². The average molecular weight is 225 g/mol. The zero-order valence-electron chi connectivity index (χ0n) is 8.71. The van der Waals surface area contributed by atoms with E-state index < -0.39 is 0 Å². The summed E-state index contributed by atoms with van der Waals surface area (Å²) >= 11 is 1.81. The third-order valence-corrected chi connectivity index (χ3v) is 4.25. The first-order valence-corrected chi connectivity index (χ1v) is 6.35. The van der Waals surface area contributed by atoms with Crippen molar-refractivity contribution >= 4 is 17.4 Å². The molecule has 1 saturated carbocycles. The molecule has 1 nitrogen and oxygen atoms in total. The van der Waals surface area contributed by atoms with E-state index in [1.54, 1.807) is 6.07 Å². The topological polar surface area (TPSA) is 26.0 Å². The Morgan fingerprint density at radius 2 is 1.93 bits per heavy atom. The number of nitrogen functional groups attached to an aromatic ring is 1. The quantitative estimate of drug-likeness (QED) is 0.774. The molecule has 1 aliphatic carbocycles. The van der Waals surface area contributed by atoms with Crippen molar-refractivity contribution in [2.45, 2.75) is 42.2 Å². The van der Waals surface area contributed by atoms with E-state index in [4.69, 9.17) is 5.73 Å². The predicted molar refractivity (Wildman–Crippen MR) is 63.5 cm³/mol. The first kappa shape index (κ1) is 10.8. The van der Waals surface area contributed by atoms with E-state index in [9.17, 15) is 4.39 Å². The molecule has 0 amide bonds. The minimum absolute atomic E-state index is 0.250. The van der Waals surface area contributed by atoms with Crippen LogP contribution >= 0.6 is 11.8 Å². The van der Waals surface area contributed by atoms with Crippen LogP contribution in [0.25, 0.3) is 0 Å². The summed E-state index contributed by atoms with van der Waals surface area (Å²) in [4.78, 5) is 1.03. The van der Waals surface area contributed by atoms with Crippen LogP contribution in [0.4, 0.5) is 10.1 Å². The molecule has 0 bridgehead atoms. The van der Waals surface area contributed by atoms with E-state index in [1.165, 1.54) is 44.2 Å². The summed E-state index contributed by atoms with van der Waals surface area (Å²) in [5.74, 6) is -0.250. The van der Waals surface area contributed by atoms with Gasteiger partial charge in [-0.2, -0.15) is 0 Å². The highest BCUT2D eigenvalue weighted by Crippen LogP contribution is 2.36. The Morgan fingerprint density at radius 1 is 1.20 bits per heavy atom. The van der Waals surface area contributed by atoms with Crippen molar-refractivity contribution in [3.8, 4) is 0 Å². The van der Waals surface area contributed by atoms with Gasteiger partial charge in [0.15, 0.2) is 0 Å². The smallest absolute Gasteiger partial charge is 0.125 e. The SMILES string of the molecule is Nc1cc(F)ccc1SC1CCCCC1. The van der Waals surface area contributed by atoms with Crippen molar-refractivity contribution in [3.63, 3.8) is 0 Å². The monoisotopic (exact) mass is 225 g/mol. The van der Waals surface area contributed by atoms with E-state index in [2.05, 4.69) is 0 Å². The Labute approximate surface area is 94.2 Å². The van der Waals surface area contributed by atoms with Crippen LogP contribution in [0.5, 0.6) is 0 Å². The molecule has 1 aromatic carbocycles. The minimum atomic E-state index is -0.250. The number of hydrogen-bond acceptors (Lipinski definition) is 2. The van der Waals surface area contributed by atoms with Crippen LogP contribution in [-0.4, -0.2) is 5.25 Å². The Balaban J connectivity index is 2.03. The maximum atomic E-state index is 12.8. The summed E-state index contributed by atoms with van der Waals surface area (Å²) in [6.07, 6.45) is 6.52. The van der Waals surface area contributed by atoms with E-state index in [-0.39, 0.29) is 5.82 Å². The van der Waals surface area contributed by atoms with Crippen molar-refractivity contribution in [2.75, 3.05) is 5.73 Å². The second-order valence-corrected chi connectivity index (χ2v) is 5.40. The van der Waals surface area contributed by atoms with E-state index >= 15 is 0 Å². The highest BCUT2D eigenvalue weighted by Gasteiger charge is 2.15. The number of benzene rings is 1. The van der Waals surface area contributed by atoms with Gasteiger partial charge in [0.2, 0.25) is 0 Å². The molecule has 0 aliphatic heterocycles. The average Bonchev–Trinajstić information content (AvgIpc) is 2.24. The highest BCUT2D eigenvalue weighted by molar-refractivity contribution is 8.00. The summed E-state index contributed by atoms with van der Waals surface area (Å²) in [5, 5.41) is 0.673. The molecule has 0 atom stereocenters. The highest BCUT2D eigenvalue weighted by atomic mass is 32.2. The number of rotatable bonds is 2. The number of halogens is 1. The van der Waals surface area contributed by atoms with Gasteiger partial charge in [0.25, 0.3) is 0 Å². The molecular formula is C12H16FNS. The maximum absolute atomic E-state index is 12.8. The van der Waals surface area contributed by atoms with Gasteiger partial charge in [0.1, 0.15) is 5.82 Å². The van der Waals surface area contributed by atoms with Crippen molar-refractivity contribution < 1.29 is 4.39 Å². The van der Waals surface area contributed by atoms with Gasteiger partial charge >= 0.3 is 0 Å². The van der Waals surface area contributed by atoms with Gasteiger partial charge in [-0.05, 0) is 31.0 Å². The zero-order chi connectivity index (χ0) is 10.7. The van der Waals surface area contributed by atoms with Gasteiger partial charge < -0.3 is 5.73 Å². The summed E-state index contributed by atoms with van der Waals surface area (Å²) in [6.45, 7) is 0. The van der Waals surface area contributed by atoms with Gasteiger partial charge in [0.05, 0.1) is 0 Å². The third-order valence-electron chi connectivity index (χ3n) is 2.82.